The number of nitrogens with one attached hydrogen (secondary N) is 1. The predicted octanol–water partition coefficient (Wildman–Crippen LogP) is 3.79. The molecule has 2 aromatic rings. The molecule has 1 heterocycles. The van der Waals surface area contributed by atoms with E-state index in [9.17, 15) is 13.6 Å². The Kier molecular flexibility index (Phi) is 4.01. The van der Waals surface area contributed by atoms with E-state index in [-0.39, 0.29) is 16.5 Å². The summed E-state index contributed by atoms with van der Waals surface area (Å²) in [6, 6.07) is 7.00. The number of hydrogen-bond acceptors (Lipinski definition) is 3. The minimum absolute atomic E-state index is 0.0301. The van der Waals surface area contributed by atoms with Crippen molar-refractivity contribution in [2.24, 2.45) is 0 Å². The minimum atomic E-state index is -2.96. The van der Waals surface area contributed by atoms with Crippen LogP contribution in [-0.4, -0.2) is 12.5 Å². The molecule has 7 heteroatoms. The second-order valence-electron chi connectivity index (χ2n) is 3.46. The minimum Gasteiger partial charge on any atom is -0.459 e. The summed E-state index contributed by atoms with van der Waals surface area (Å²) >= 11 is 5.75. The molecule has 0 saturated carbocycles. The Morgan fingerprint density at radius 3 is 2.74 bits per heavy atom. The zero-order valence-electron chi connectivity index (χ0n) is 9.40. The number of hydrogen-bond donors (Lipinski definition) is 1. The van der Waals surface area contributed by atoms with Crippen molar-refractivity contribution in [1.29, 1.82) is 0 Å². The highest BCUT2D eigenvalue weighted by Crippen LogP contribution is 2.29. The molecule has 0 radical (unpaired) electrons. The summed E-state index contributed by atoms with van der Waals surface area (Å²) in [5.41, 5.74) is 0.341. The van der Waals surface area contributed by atoms with Crippen LogP contribution in [0.15, 0.2) is 41.0 Å². The number of furan rings is 1. The lowest BCUT2D eigenvalue weighted by molar-refractivity contribution is -0.0497. The van der Waals surface area contributed by atoms with Crippen LogP contribution >= 0.6 is 11.6 Å². The second kappa shape index (κ2) is 5.71. The van der Waals surface area contributed by atoms with Crippen molar-refractivity contribution >= 4 is 23.2 Å². The average molecular weight is 288 g/mol. The van der Waals surface area contributed by atoms with Crippen molar-refractivity contribution < 1.29 is 22.7 Å². The molecular formula is C12H8ClF2NO3. The summed E-state index contributed by atoms with van der Waals surface area (Å²) in [6.45, 7) is -2.96. The molecule has 0 saturated heterocycles. The third kappa shape index (κ3) is 3.45. The van der Waals surface area contributed by atoms with E-state index in [1.54, 1.807) is 6.07 Å². The lowest BCUT2D eigenvalue weighted by Gasteiger charge is -2.08. The van der Waals surface area contributed by atoms with E-state index in [0.717, 1.165) is 0 Å². The number of halogens is 3. The number of amides is 1. The fourth-order valence-corrected chi connectivity index (χ4v) is 1.60. The molecule has 0 unspecified atom stereocenters. The first-order chi connectivity index (χ1) is 9.06. The first-order valence-electron chi connectivity index (χ1n) is 5.15. The van der Waals surface area contributed by atoms with Gasteiger partial charge in [-0.25, -0.2) is 0 Å². The van der Waals surface area contributed by atoms with Crippen LogP contribution in [0, 0.1) is 0 Å². The highest BCUT2D eigenvalue weighted by atomic mass is 35.5. The molecule has 4 nitrogen and oxygen atoms in total. The Balaban J connectivity index is 2.10. The Hall–Kier alpha value is -2.08. The SMILES string of the molecule is O=C(Nc1ccc(OC(F)F)c(Cl)c1)c1ccco1. The smallest absolute Gasteiger partial charge is 0.387 e. The first kappa shape index (κ1) is 13.4. The molecular weight excluding hydrogens is 280 g/mol. The van der Waals surface area contributed by atoms with Gasteiger partial charge in [-0.15, -0.1) is 0 Å². The fraction of sp³-hybridized carbons (Fsp3) is 0.0833. The lowest BCUT2D eigenvalue weighted by Crippen LogP contribution is -2.11. The summed E-state index contributed by atoms with van der Waals surface area (Å²) in [7, 11) is 0. The van der Waals surface area contributed by atoms with Gasteiger partial charge in [0.2, 0.25) is 0 Å². The van der Waals surface area contributed by atoms with Crippen molar-refractivity contribution in [1.82, 2.24) is 0 Å². The summed E-state index contributed by atoms with van der Waals surface area (Å²) in [4.78, 5) is 11.6. The molecule has 0 atom stereocenters. The molecule has 1 N–H and O–H groups in total. The molecule has 1 amide bonds. The zero-order valence-corrected chi connectivity index (χ0v) is 10.2. The summed E-state index contributed by atoms with van der Waals surface area (Å²) in [5.74, 6) is -0.500. The number of anilines is 1. The van der Waals surface area contributed by atoms with Gasteiger partial charge in [0.15, 0.2) is 5.76 Å². The molecule has 0 bridgehead atoms. The molecule has 0 aliphatic heterocycles. The number of carbonyl (C=O) groups is 1. The second-order valence-corrected chi connectivity index (χ2v) is 3.86. The summed E-state index contributed by atoms with van der Waals surface area (Å²) in [5, 5.41) is 2.48. The number of alkyl halides is 2. The topological polar surface area (TPSA) is 51.5 Å². The van der Waals surface area contributed by atoms with Crippen LogP contribution in [0.1, 0.15) is 10.6 Å². The van der Waals surface area contributed by atoms with Crippen molar-refractivity contribution in [2.45, 2.75) is 6.61 Å². The molecule has 1 aromatic carbocycles. The normalized spacial score (nSPS) is 10.5. The van der Waals surface area contributed by atoms with Crippen LogP contribution < -0.4 is 10.1 Å². The Bertz CT molecular complexity index is 572. The molecule has 0 aliphatic carbocycles. The number of ether oxygens (including phenoxy) is 1. The van der Waals surface area contributed by atoms with Gasteiger partial charge in [-0.3, -0.25) is 4.79 Å². The summed E-state index contributed by atoms with van der Waals surface area (Å²) in [6.07, 6.45) is 1.36. The van der Waals surface area contributed by atoms with Gasteiger partial charge in [-0.2, -0.15) is 8.78 Å². The molecule has 100 valence electrons. The van der Waals surface area contributed by atoms with Gasteiger partial charge in [0.25, 0.3) is 5.91 Å². The van der Waals surface area contributed by atoms with E-state index in [0.29, 0.717) is 5.69 Å². The van der Waals surface area contributed by atoms with Gasteiger partial charge in [0, 0.05) is 5.69 Å². The van der Waals surface area contributed by atoms with Gasteiger partial charge >= 0.3 is 6.61 Å². The third-order valence-electron chi connectivity index (χ3n) is 2.15. The predicted molar refractivity (Wildman–Crippen MR) is 64.7 cm³/mol. The van der Waals surface area contributed by atoms with E-state index < -0.39 is 12.5 Å². The van der Waals surface area contributed by atoms with Gasteiger partial charge in [-0.1, -0.05) is 11.6 Å². The maximum Gasteiger partial charge on any atom is 0.387 e. The Morgan fingerprint density at radius 1 is 1.37 bits per heavy atom. The van der Waals surface area contributed by atoms with Crippen LogP contribution in [-0.2, 0) is 0 Å². The molecule has 0 fully saturated rings. The van der Waals surface area contributed by atoms with Crippen LogP contribution in [0.25, 0.3) is 0 Å². The molecule has 2 rings (SSSR count). The van der Waals surface area contributed by atoms with Gasteiger partial charge < -0.3 is 14.5 Å². The van der Waals surface area contributed by atoms with Gasteiger partial charge in [-0.05, 0) is 30.3 Å². The first-order valence-corrected chi connectivity index (χ1v) is 5.53. The van der Waals surface area contributed by atoms with Gasteiger partial charge in [0.05, 0.1) is 11.3 Å². The van der Waals surface area contributed by atoms with Crippen molar-refractivity contribution in [2.75, 3.05) is 5.32 Å². The monoisotopic (exact) mass is 287 g/mol. The fourth-order valence-electron chi connectivity index (χ4n) is 1.37. The van der Waals surface area contributed by atoms with Crippen LogP contribution in [0.2, 0.25) is 5.02 Å². The Labute approximate surface area is 111 Å². The van der Waals surface area contributed by atoms with Crippen molar-refractivity contribution in [3.05, 3.63) is 47.4 Å². The maximum absolute atomic E-state index is 12.0. The standard InChI is InChI=1S/C12H8ClF2NO3/c13-8-6-7(3-4-9(8)19-12(14)15)16-11(17)10-2-1-5-18-10/h1-6,12H,(H,16,17). The largest absolute Gasteiger partial charge is 0.459 e. The van der Waals surface area contributed by atoms with E-state index in [4.69, 9.17) is 16.0 Å². The third-order valence-corrected chi connectivity index (χ3v) is 2.45. The number of benzene rings is 1. The average Bonchev–Trinajstić information content (AvgIpc) is 2.86. The number of carbonyl (C=O) groups excluding carboxylic acids is 1. The van der Waals surface area contributed by atoms with Gasteiger partial charge in [0.1, 0.15) is 5.75 Å². The van der Waals surface area contributed by atoms with E-state index >= 15 is 0 Å². The van der Waals surface area contributed by atoms with Crippen molar-refractivity contribution in [3.8, 4) is 5.75 Å². The van der Waals surface area contributed by atoms with E-state index in [1.165, 1.54) is 30.5 Å². The lowest BCUT2D eigenvalue weighted by atomic mass is 10.3. The molecule has 1 aromatic heterocycles. The zero-order chi connectivity index (χ0) is 13.8. The van der Waals surface area contributed by atoms with E-state index in [2.05, 4.69) is 10.1 Å². The molecule has 0 spiro atoms. The number of rotatable bonds is 4. The van der Waals surface area contributed by atoms with E-state index in [1.807, 2.05) is 0 Å². The highest BCUT2D eigenvalue weighted by Gasteiger charge is 2.12. The summed E-state index contributed by atoms with van der Waals surface area (Å²) < 4.78 is 33.2. The van der Waals surface area contributed by atoms with Crippen LogP contribution in [0.3, 0.4) is 0 Å². The highest BCUT2D eigenvalue weighted by molar-refractivity contribution is 6.32. The molecule has 0 aliphatic rings. The quantitative estimate of drug-likeness (QED) is 0.931. The van der Waals surface area contributed by atoms with Crippen LogP contribution in [0.5, 0.6) is 5.75 Å². The maximum atomic E-state index is 12.0. The van der Waals surface area contributed by atoms with Crippen molar-refractivity contribution in [3.63, 3.8) is 0 Å². The Morgan fingerprint density at radius 2 is 2.16 bits per heavy atom. The van der Waals surface area contributed by atoms with Crippen LogP contribution in [0.4, 0.5) is 14.5 Å². The molecule has 19 heavy (non-hydrogen) atoms.